The second kappa shape index (κ2) is 44.8. The number of phosphoric ester groups is 1. The summed E-state index contributed by atoms with van der Waals surface area (Å²) in [5.41, 5.74) is 5.34. The van der Waals surface area contributed by atoms with Gasteiger partial charge in [-0.25, -0.2) is 4.57 Å². The second-order valence-electron chi connectivity index (χ2n) is 16.2. The number of carboxylic acids is 1. The first-order valence-corrected chi connectivity index (χ1v) is 25.8. The van der Waals surface area contributed by atoms with Gasteiger partial charge in [-0.05, 0) is 77.0 Å². The van der Waals surface area contributed by atoms with Crippen molar-refractivity contribution in [3.8, 4) is 0 Å². The summed E-state index contributed by atoms with van der Waals surface area (Å²) in [4.78, 5) is 46.1. The molecular weight excluding hydrogens is 806 g/mol. The quantitative estimate of drug-likeness (QED) is 0.0230. The lowest BCUT2D eigenvalue weighted by Gasteiger charge is -2.20. The van der Waals surface area contributed by atoms with Gasteiger partial charge >= 0.3 is 25.7 Å². The lowest BCUT2D eigenvalue weighted by atomic mass is 10.0. The molecule has 3 unspecified atom stereocenters. The topological polar surface area (TPSA) is 172 Å². The average Bonchev–Trinajstić information content (AvgIpc) is 3.25. The lowest BCUT2D eigenvalue weighted by molar-refractivity contribution is -0.161. The summed E-state index contributed by atoms with van der Waals surface area (Å²) >= 11 is 0. The number of hydrogen-bond donors (Lipinski definition) is 3. The number of carbonyl (C=O) groups excluding carboxylic acids is 2. The summed E-state index contributed by atoms with van der Waals surface area (Å²) in [5.74, 6) is -2.43. The minimum absolute atomic E-state index is 0.107. The molecule has 12 heteroatoms. The van der Waals surface area contributed by atoms with Crippen molar-refractivity contribution >= 4 is 25.7 Å². The van der Waals surface area contributed by atoms with E-state index in [-0.39, 0.29) is 19.4 Å². The number of nitrogens with two attached hydrogens (primary N) is 1. The molecule has 0 aliphatic carbocycles. The molecule has 0 amide bonds. The molecule has 0 aliphatic heterocycles. The van der Waals surface area contributed by atoms with E-state index in [1.165, 1.54) is 109 Å². The van der Waals surface area contributed by atoms with E-state index in [9.17, 15) is 23.8 Å². The number of ether oxygens (including phenoxy) is 2. The highest BCUT2D eigenvalue weighted by molar-refractivity contribution is 7.47. The van der Waals surface area contributed by atoms with Crippen molar-refractivity contribution in [2.75, 3.05) is 19.8 Å². The molecule has 0 aromatic heterocycles. The molecule has 0 bridgehead atoms. The number of carboxylic acid groups (broad SMARTS) is 1. The standard InChI is InChI=1S/C50H88NO10P/c1-3-5-7-9-11-13-15-17-19-20-21-22-23-24-25-26-28-29-31-33-35-37-39-41-48(52)58-43-46(44-59-62(56,57)60-45-47(51)50(54)55)61-49(53)42-40-38-36-34-32-30-27-18-16-14-12-10-8-6-4-2/h6,8,12,14,18,20-21,27,32,34,46-47H,3-5,7,9-11,13,15-17,19,22-26,28-31,33,35-45,51H2,1-2H3,(H,54,55)(H,56,57)/b8-6-,14-12-,21-20-,27-18-,34-32-. The van der Waals surface area contributed by atoms with Crippen molar-refractivity contribution in [2.45, 2.75) is 219 Å². The largest absolute Gasteiger partial charge is 0.480 e. The molecular formula is C50H88NO10P. The van der Waals surface area contributed by atoms with Crippen molar-refractivity contribution in [1.29, 1.82) is 0 Å². The van der Waals surface area contributed by atoms with Gasteiger partial charge in [0, 0.05) is 12.8 Å². The monoisotopic (exact) mass is 894 g/mol. The van der Waals surface area contributed by atoms with Gasteiger partial charge in [0.1, 0.15) is 12.6 Å². The van der Waals surface area contributed by atoms with E-state index in [4.69, 9.17) is 24.8 Å². The van der Waals surface area contributed by atoms with E-state index in [0.29, 0.717) is 12.8 Å². The Bertz CT molecular complexity index is 1280. The molecule has 3 atom stereocenters. The van der Waals surface area contributed by atoms with Gasteiger partial charge in [0.25, 0.3) is 0 Å². The van der Waals surface area contributed by atoms with E-state index in [2.05, 4.69) is 79.1 Å². The molecule has 11 nitrogen and oxygen atoms in total. The van der Waals surface area contributed by atoms with Crippen LogP contribution in [0.2, 0.25) is 0 Å². The fourth-order valence-electron chi connectivity index (χ4n) is 6.46. The van der Waals surface area contributed by atoms with Crippen molar-refractivity contribution in [1.82, 2.24) is 0 Å². The Morgan fingerprint density at radius 2 is 0.903 bits per heavy atom. The molecule has 0 heterocycles. The van der Waals surface area contributed by atoms with Crippen LogP contribution < -0.4 is 5.73 Å². The van der Waals surface area contributed by atoms with E-state index in [1.54, 1.807) is 0 Å². The first-order chi connectivity index (χ1) is 30.1. The van der Waals surface area contributed by atoms with Gasteiger partial charge < -0.3 is 25.2 Å². The van der Waals surface area contributed by atoms with E-state index in [0.717, 1.165) is 57.8 Å². The fourth-order valence-corrected chi connectivity index (χ4v) is 7.24. The maximum absolute atomic E-state index is 12.6. The lowest BCUT2D eigenvalue weighted by Crippen LogP contribution is -2.34. The minimum atomic E-state index is -4.73. The number of phosphoric acid groups is 1. The van der Waals surface area contributed by atoms with Crippen LogP contribution in [-0.2, 0) is 37.5 Å². The first kappa shape index (κ1) is 59.2. The summed E-state index contributed by atoms with van der Waals surface area (Å²) in [7, 11) is -4.73. The molecule has 0 radical (unpaired) electrons. The molecule has 0 aromatic rings. The highest BCUT2D eigenvalue weighted by Crippen LogP contribution is 2.43. The van der Waals surface area contributed by atoms with Gasteiger partial charge in [0.15, 0.2) is 6.10 Å². The molecule has 62 heavy (non-hydrogen) atoms. The summed E-state index contributed by atoms with van der Waals surface area (Å²) in [6.07, 6.45) is 53.0. The van der Waals surface area contributed by atoms with Crippen LogP contribution in [0.1, 0.15) is 206 Å². The van der Waals surface area contributed by atoms with Crippen LogP contribution in [0, 0.1) is 0 Å². The smallest absolute Gasteiger partial charge is 0.472 e. The van der Waals surface area contributed by atoms with Gasteiger partial charge in [0.2, 0.25) is 0 Å². The van der Waals surface area contributed by atoms with Gasteiger partial charge in [-0.15, -0.1) is 0 Å². The molecule has 358 valence electrons. The number of rotatable bonds is 45. The van der Waals surface area contributed by atoms with Crippen molar-refractivity contribution < 1.29 is 47.5 Å². The van der Waals surface area contributed by atoms with Gasteiger partial charge in [-0.1, -0.05) is 177 Å². The molecule has 0 fully saturated rings. The zero-order chi connectivity index (χ0) is 45.6. The third-order valence-corrected chi connectivity index (χ3v) is 11.2. The van der Waals surface area contributed by atoms with Crippen LogP contribution in [0.3, 0.4) is 0 Å². The van der Waals surface area contributed by atoms with Gasteiger partial charge in [0.05, 0.1) is 13.2 Å². The van der Waals surface area contributed by atoms with Crippen LogP contribution >= 0.6 is 7.82 Å². The Kier molecular flexibility index (Phi) is 42.7. The van der Waals surface area contributed by atoms with Crippen molar-refractivity contribution in [3.05, 3.63) is 60.8 Å². The van der Waals surface area contributed by atoms with E-state index >= 15 is 0 Å². The predicted molar refractivity (Wildman–Crippen MR) is 254 cm³/mol. The highest BCUT2D eigenvalue weighted by atomic mass is 31.2. The predicted octanol–water partition coefficient (Wildman–Crippen LogP) is 13.5. The van der Waals surface area contributed by atoms with Gasteiger partial charge in [-0.3, -0.25) is 23.4 Å². The number of hydrogen-bond acceptors (Lipinski definition) is 9. The molecule has 0 saturated heterocycles. The summed E-state index contributed by atoms with van der Waals surface area (Å²) in [5, 5.41) is 8.90. The Labute approximate surface area is 377 Å². The number of allylic oxidation sites excluding steroid dienone is 10. The fraction of sp³-hybridized carbons (Fsp3) is 0.740. The maximum Gasteiger partial charge on any atom is 0.472 e. The van der Waals surface area contributed by atoms with Crippen LogP contribution in [0.5, 0.6) is 0 Å². The zero-order valence-corrected chi connectivity index (χ0v) is 39.8. The Morgan fingerprint density at radius 3 is 1.40 bits per heavy atom. The first-order valence-electron chi connectivity index (χ1n) is 24.3. The number of unbranched alkanes of at least 4 members (excludes halogenated alkanes) is 21. The normalized spacial score (nSPS) is 14.1. The third-order valence-electron chi connectivity index (χ3n) is 10.2. The van der Waals surface area contributed by atoms with Crippen molar-refractivity contribution in [3.63, 3.8) is 0 Å². The summed E-state index contributed by atoms with van der Waals surface area (Å²) in [6, 6.07) is -1.53. The van der Waals surface area contributed by atoms with Crippen LogP contribution in [0.25, 0.3) is 0 Å². The Hall–Kier alpha value is -2.82. The molecule has 4 N–H and O–H groups in total. The van der Waals surface area contributed by atoms with Crippen LogP contribution in [-0.4, -0.2) is 59.9 Å². The molecule has 0 saturated carbocycles. The molecule has 0 aromatic carbocycles. The second-order valence-corrected chi connectivity index (χ2v) is 17.7. The minimum Gasteiger partial charge on any atom is -0.480 e. The third kappa shape index (κ3) is 43.8. The molecule has 0 aliphatic rings. The SMILES string of the molecule is CC/C=C\C/C=C\C/C=C\C/C=C\CCCCC(=O)OC(COC(=O)CCCCCCCCCCCCC/C=C\CCCCCCCCCC)COP(=O)(O)OCC(N)C(=O)O. The van der Waals surface area contributed by atoms with Gasteiger partial charge in [-0.2, -0.15) is 0 Å². The highest BCUT2D eigenvalue weighted by Gasteiger charge is 2.28. The number of carbonyl (C=O) groups is 3. The van der Waals surface area contributed by atoms with Crippen molar-refractivity contribution in [2.24, 2.45) is 5.73 Å². The van der Waals surface area contributed by atoms with E-state index in [1.807, 2.05) is 0 Å². The van der Waals surface area contributed by atoms with Crippen LogP contribution in [0.4, 0.5) is 0 Å². The molecule has 0 spiro atoms. The van der Waals surface area contributed by atoms with Crippen LogP contribution in [0.15, 0.2) is 60.8 Å². The zero-order valence-electron chi connectivity index (χ0n) is 38.9. The maximum atomic E-state index is 12.6. The summed E-state index contributed by atoms with van der Waals surface area (Å²) < 4.78 is 32.7. The molecule has 0 rings (SSSR count). The van der Waals surface area contributed by atoms with E-state index < -0.39 is 51.1 Å². The Morgan fingerprint density at radius 1 is 0.516 bits per heavy atom. The average molecular weight is 894 g/mol. The Balaban J connectivity index is 4.27. The summed E-state index contributed by atoms with van der Waals surface area (Å²) in [6.45, 7) is 2.66. The number of aliphatic carboxylic acids is 1. The number of esters is 2.